The van der Waals surface area contributed by atoms with E-state index in [0.29, 0.717) is 26.2 Å². The molecule has 3 heterocycles. The molecule has 0 bridgehead atoms. The van der Waals surface area contributed by atoms with Crippen LogP contribution in [-0.2, 0) is 29.2 Å². The zero-order valence-electron chi connectivity index (χ0n) is 17.9. The van der Waals surface area contributed by atoms with E-state index in [-0.39, 0.29) is 30.9 Å². The van der Waals surface area contributed by atoms with Gasteiger partial charge in [-0.2, -0.15) is 4.98 Å². The highest BCUT2D eigenvalue weighted by molar-refractivity contribution is 5.69. The van der Waals surface area contributed by atoms with Gasteiger partial charge >= 0.3 is 18.2 Å². The SMILES string of the molecule is CC(C)(C)OC(=O)N1Cc2cnc(OC3CN(C(=O)OCc4ccccc4)C3)nc2C1. The molecular formula is C22H26N4O5. The molecule has 2 aliphatic rings. The van der Waals surface area contributed by atoms with E-state index in [9.17, 15) is 9.59 Å². The molecule has 0 atom stereocenters. The van der Waals surface area contributed by atoms with Gasteiger partial charge in [-0.25, -0.2) is 14.6 Å². The molecule has 2 aromatic rings. The quantitative estimate of drug-likeness (QED) is 0.741. The molecule has 0 aliphatic carbocycles. The van der Waals surface area contributed by atoms with Crippen molar-refractivity contribution in [1.82, 2.24) is 19.8 Å². The van der Waals surface area contributed by atoms with E-state index in [1.165, 1.54) is 0 Å². The van der Waals surface area contributed by atoms with Crippen LogP contribution in [-0.4, -0.2) is 56.7 Å². The summed E-state index contributed by atoms with van der Waals surface area (Å²) in [5.41, 5.74) is 2.01. The smallest absolute Gasteiger partial charge is 0.410 e. The average molecular weight is 426 g/mol. The van der Waals surface area contributed by atoms with Gasteiger partial charge in [0.2, 0.25) is 0 Å². The second kappa shape index (κ2) is 8.41. The molecule has 9 nitrogen and oxygen atoms in total. The van der Waals surface area contributed by atoms with Crippen molar-refractivity contribution in [1.29, 1.82) is 0 Å². The molecule has 4 rings (SSSR count). The topological polar surface area (TPSA) is 94.1 Å². The Kier molecular flexibility index (Phi) is 5.67. The highest BCUT2D eigenvalue weighted by Crippen LogP contribution is 2.25. The van der Waals surface area contributed by atoms with Crippen molar-refractivity contribution in [3.05, 3.63) is 53.3 Å². The van der Waals surface area contributed by atoms with Crippen molar-refractivity contribution in [2.24, 2.45) is 0 Å². The van der Waals surface area contributed by atoms with Crippen molar-refractivity contribution in [3.63, 3.8) is 0 Å². The summed E-state index contributed by atoms with van der Waals surface area (Å²) in [7, 11) is 0. The van der Waals surface area contributed by atoms with Gasteiger partial charge in [0, 0.05) is 11.8 Å². The second-order valence-electron chi connectivity index (χ2n) is 8.65. The van der Waals surface area contributed by atoms with Crippen LogP contribution in [0.4, 0.5) is 9.59 Å². The summed E-state index contributed by atoms with van der Waals surface area (Å²) in [5, 5.41) is 0. The lowest BCUT2D eigenvalue weighted by atomic mass is 10.2. The second-order valence-corrected chi connectivity index (χ2v) is 8.65. The zero-order valence-corrected chi connectivity index (χ0v) is 17.9. The predicted molar refractivity (Wildman–Crippen MR) is 110 cm³/mol. The van der Waals surface area contributed by atoms with Crippen LogP contribution in [0.2, 0.25) is 0 Å². The van der Waals surface area contributed by atoms with Gasteiger partial charge < -0.3 is 19.1 Å². The highest BCUT2D eigenvalue weighted by atomic mass is 16.6. The molecule has 0 spiro atoms. The van der Waals surface area contributed by atoms with Gasteiger partial charge in [-0.15, -0.1) is 0 Å². The van der Waals surface area contributed by atoms with E-state index >= 15 is 0 Å². The number of ether oxygens (including phenoxy) is 3. The Bertz CT molecular complexity index is 954. The minimum Gasteiger partial charge on any atom is -0.456 e. The van der Waals surface area contributed by atoms with E-state index in [2.05, 4.69) is 9.97 Å². The number of carbonyl (C=O) groups is 2. The van der Waals surface area contributed by atoms with E-state index in [1.54, 1.807) is 16.0 Å². The first-order valence-corrected chi connectivity index (χ1v) is 10.2. The molecule has 1 aromatic carbocycles. The van der Waals surface area contributed by atoms with E-state index in [4.69, 9.17) is 14.2 Å². The molecule has 0 unspecified atom stereocenters. The van der Waals surface area contributed by atoms with Crippen molar-refractivity contribution < 1.29 is 23.8 Å². The molecule has 1 fully saturated rings. The third-order valence-electron chi connectivity index (χ3n) is 4.87. The number of fused-ring (bicyclic) bond motifs is 1. The van der Waals surface area contributed by atoms with Crippen LogP contribution in [0.3, 0.4) is 0 Å². The maximum Gasteiger partial charge on any atom is 0.410 e. The highest BCUT2D eigenvalue weighted by Gasteiger charge is 2.35. The molecule has 2 aliphatic heterocycles. The first-order chi connectivity index (χ1) is 14.8. The number of amides is 2. The summed E-state index contributed by atoms with van der Waals surface area (Å²) in [6.45, 7) is 7.33. The number of rotatable bonds is 4. The largest absolute Gasteiger partial charge is 0.456 e. The molecular weight excluding hydrogens is 400 g/mol. The molecule has 31 heavy (non-hydrogen) atoms. The normalized spacial score (nSPS) is 15.8. The number of aromatic nitrogens is 2. The summed E-state index contributed by atoms with van der Waals surface area (Å²) in [4.78, 5) is 36.2. The van der Waals surface area contributed by atoms with Crippen LogP contribution >= 0.6 is 0 Å². The van der Waals surface area contributed by atoms with Crippen LogP contribution in [0, 0.1) is 0 Å². The summed E-state index contributed by atoms with van der Waals surface area (Å²) in [5.74, 6) is 0. The molecule has 0 N–H and O–H groups in total. The van der Waals surface area contributed by atoms with Gasteiger partial charge in [0.1, 0.15) is 18.3 Å². The monoisotopic (exact) mass is 426 g/mol. The molecule has 2 amide bonds. The number of hydrogen-bond acceptors (Lipinski definition) is 7. The van der Waals surface area contributed by atoms with E-state index in [0.717, 1.165) is 16.8 Å². The van der Waals surface area contributed by atoms with Crippen molar-refractivity contribution in [2.75, 3.05) is 13.1 Å². The van der Waals surface area contributed by atoms with Gasteiger partial charge in [0.05, 0.1) is 31.9 Å². The van der Waals surface area contributed by atoms with E-state index < -0.39 is 5.60 Å². The Morgan fingerprint density at radius 3 is 2.52 bits per heavy atom. The predicted octanol–water partition coefficient (Wildman–Crippen LogP) is 3.13. The van der Waals surface area contributed by atoms with Gasteiger partial charge in [-0.05, 0) is 26.3 Å². The van der Waals surface area contributed by atoms with Gasteiger partial charge in [-0.3, -0.25) is 4.90 Å². The minimum absolute atomic E-state index is 0.189. The van der Waals surface area contributed by atoms with Gasteiger partial charge in [-0.1, -0.05) is 30.3 Å². The summed E-state index contributed by atoms with van der Waals surface area (Å²) in [6, 6.07) is 9.78. The molecule has 0 saturated carbocycles. The fourth-order valence-corrected chi connectivity index (χ4v) is 3.27. The number of likely N-dealkylation sites (tertiary alicyclic amines) is 1. The maximum absolute atomic E-state index is 12.3. The Morgan fingerprint density at radius 1 is 1.06 bits per heavy atom. The lowest BCUT2D eigenvalue weighted by Gasteiger charge is -2.37. The van der Waals surface area contributed by atoms with Crippen molar-refractivity contribution in [3.8, 4) is 6.01 Å². The Balaban J connectivity index is 1.24. The fourth-order valence-electron chi connectivity index (χ4n) is 3.27. The number of carbonyl (C=O) groups excluding carboxylic acids is 2. The lowest BCUT2D eigenvalue weighted by molar-refractivity contribution is 0.00456. The standard InChI is InChI=1S/C22H26N4O5/c1-22(2,3)31-21(28)25-10-16-9-23-19(24-18(16)13-25)30-17-11-26(12-17)20(27)29-14-15-7-5-4-6-8-15/h4-9,17H,10-14H2,1-3H3. The summed E-state index contributed by atoms with van der Waals surface area (Å²) in [6.07, 6.45) is 0.737. The maximum atomic E-state index is 12.3. The fraction of sp³-hybridized carbons (Fsp3) is 0.455. The van der Waals surface area contributed by atoms with Gasteiger partial charge in [0.25, 0.3) is 0 Å². The van der Waals surface area contributed by atoms with Crippen LogP contribution in [0.1, 0.15) is 37.6 Å². The minimum atomic E-state index is -0.551. The number of hydrogen-bond donors (Lipinski definition) is 0. The molecule has 1 aromatic heterocycles. The summed E-state index contributed by atoms with van der Waals surface area (Å²) < 4.78 is 16.5. The molecule has 9 heteroatoms. The van der Waals surface area contributed by atoms with E-state index in [1.807, 2.05) is 51.1 Å². The third kappa shape index (κ3) is 5.22. The number of benzene rings is 1. The van der Waals surface area contributed by atoms with Crippen molar-refractivity contribution in [2.45, 2.75) is 52.2 Å². The van der Waals surface area contributed by atoms with Crippen molar-refractivity contribution >= 4 is 12.2 Å². The average Bonchev–Trinajstić information content (AvgIpc) is 3.12. The van der Waals surface area contributed by atoms with Crippen LogP contribution in [0.5, 0.6) is 6.01 Å². The molecule has 164 valence electrons. The number of nitrogens with zero attached hydrogens (tertiary/aromatic N) is 4. The zero-order chi connectivity index (χ0) is 22.0. The first kappa shape index (κ1) is 20.9. The van der Waals surface area contributed by atoms with Crippen LogP contribution < -0.4 is 4.74 Å². The van der Waals surface area contributed by atoms with Gasteiger partial charge in [0.15, 0.2) is 0 Å². The first-order valence-electron chi connectivity index (χ1n) is 10.2. The Morgan fingerprint density at radius 2 is 1.81 bits per heavy atom. The Labute approximate surface area is 180 Å². The molecule has 1 saturated heterocycles. The summed E-state index contributed by atoms with van der Waals surface area (Å²) >= 11 is 0. The Hall–Kier alpha value is -3.36. The van der Waals surface area contributed by atoms with Crippen LogP contribution in [0.25, 0.3) is 0 Å². The van der Waals surface area contributed by atoms with Crippen LogP contribution in [0.15, 0.2) is 36.5 Å². The molecule has 0 radical (unpaired) electrons. The lowest BCUT2D eigenvalue weighted by Crippen LogP contribution is -2.56. The third-order valence-corrected chi connectivity index (χ3v) is 4.87.